The molecule has 0 aliphatic heterocycles. The van der Waals surface area contributed by atoms with Crippen LogP contribution >= 0.6 is 22.2 Å². The van der Waals surface area contributed by atoms with Crippen molar-refractivity contribution < 1.29 is 19.1 Å². The summed E-state index contributed by atoms with van der Waals surface area (Å²) in [7, 11) is -3.52. The molecule has 4 nitrogen and oxygen atoms in total. The Balaban J connectivity index is 2.40. The lowest BCUT2D eigenvalue weighted by Gasteiger charge is -2.13. The van der Waals surface area contributed by atoms with Crippen molar-refractivity contribution in [2.24, 2.45) is 0 Å². The van der Waals surface area contributed by atoms with Crippen LogP contribution in [0.1, 0.15) is 24.0 Å². The standard InChI is InChI=1S/C18H28Cl2O4Si2/c1-25(2,19)10-8-17(21)23-13-15-6-5-7-16(12-15)14-24-18(22)9-11-26(3,4)20/h5-7,12H,8-11,13-14H2,1-4H3. The molecule has 0 aliphatic carbocycles. The summed E-state index contributed by atoms with van der Waals surface area (Å²) in [5.74, 6) is -0.480. The summed E-state index contributed by atoms with van der Waals surface area (Å²) >= 11 is 12.4. The van der Waals surface area contributed by atoms with Crippen LogP contribution in [-0.2, 0) is 32.3 Å². The molecule has 0 heterocycles. The lowest BCUT2D eigenvalue weighted by atomic mass is 10.1. The second-order valence-corrected chi connectivity index (χ2v) is 21.6. The van der Waals surface area contributed by atoms with Gasteiger partial charge < -0.3 is 9.47 Å². The van der Waals surface area contributed by atoms with E-state index < -0.39 is 14.8 Å². The molecule has 1 rings (SSSR count). The summed E-state index contributed by atoms with van der Waals surface area (Å²) in [5, 5.41) is 0. The van der Waals surface area contributed by atoms with Crippen LogP contribution in [0.4, 0.5) is 0 Å². The summed E-state index contributed by atoms with van der Waals surface area (Å²) in [5.41, 5.74) is 1.73. The fourth-order valence-electron chi connectivity index (χ4n) is 2.08. The van der Waals surface area contributed by atoms with Crippen LogP contribution < -0.4 is 0 Å². The third-order valence-electron chi connectivity index (χ3n) is 3.64. The summed E-state index contributed by atoms with van der Waals surface area (Å²) in [6.45, 7) is 8.42. The Morgan fingerprint density at radius 1 is 0.846 bits per heavy atom. The van der Waals surface area contributed by atoms with Gasteiger partial charge in [-0.25, -0.2) is 0 Å². The highest BCUT2D eigenvalue weighted by atomic mass is 35.6. The largest absolute Gasteiger partial charge is 0.461 e. The van der Waals surface area contributed by atoms with Crippen LogP contribution in [-0.4, -0.2) is 26.7 Å². The van der Waals surface area contributed by atoms with Gasteiger partial charge in [0.1, 0.15) is 13.2 Å². The zero-order chi connectivity index (χ0) is 19.8. The quantitative estimate of drug-likeness (QED) is 0.279. The number of rotatable bonds is 10. The molecular formula is C18H28Cl2O4Si2. The Hall–Kier alpha value is -0.826. The fraction of sp³-hybridized carbons (Fsp3) is 0.556. The molecule has 0 spiro atoms. The molecule has 0 bridgehead atoms. The highest BCUT2D eigenvalue weighted by Crippen LogP contribution is 2.18. The first-order chi connectivity index (χ1) is 11.9. The van der Waals surface area contributed by atoms with Crippen LogP contribution in [0.3, 0.4) is 0 Å². The minimum atomic E-state index is -1.76. The van der Waals surface area contributed by atoms with Gasteiger partial charge in [0, 0.05) is 12.8 Å². The zero-order valence-electron chi connectivity index (χ0n) is 15.9. The Morgan fingerprint density at radius 2 is 1.23 bits per heavy atom. The maximum atomic E-state index is 11.8. The lowest BCUT2D eigenvalue weighted by Crippen LogP contribution is -2.18. The molecule has 0 radical (unpaired) electrons. The van der Waals surface area contributed by atoms with E-state index in [-0.39, 0.29) is 25.2 Å². The van der Waals surface area contributed by atoms with Gasteiger partial charge in [-0.05, 0) is 29.3 Å². The van der Waals surface area contributed by atoms with Gasteiger partial charge in [-0.1, -0.05) is 44.4 Å². The van der Waals surface area contributed by atoms with Crippen LogP contribution in [0.5, 0.6) is 0 Å². The second-order valence-electron chi connectivity index (χ2n) is 7.58. The zero-order valence-corrected chi connectivity index (χ0v) is 19.5. The van der Waals surface area contributed by atoms with Crippen molar-refractivity contribution in [1.82, 2.24) is 0 Å². The normalized spacial score (nSPS) is 11.9. The minimum Gasteiger partial charge on any atom is -0.461 e. The number of ether oxygens (including phenoxy) is 2. The molecular weight excluding hydrogens is 407 g/mol. The number of benzene rings is 1. The molecule has 1 aromatic carbocycles. The molecule has 0 fully saturated rings. The number of carbonyl (C=O) groups is 2. The Kier molecular flexibility index (Phi) is 9.37. The summed E-state index contributed by atoms with van der Waals surface area (Å²) < 4.78 is 10.6. The van der Waals surface area contributed by atoms with E-state index in [1.54, 1.807) is 0 Å². The molecule has 0 atom stereocenters. The third-order valence-corrected chi connectivity index (χ3v) is 7.65. The highest BCUT2D eigenvalue weighted by molar-refractivity contribution is 7.19. The highest BCUT2D eigenvalue weighted by Gasteiger charge is 2.20. The fourth-order valence-corrected chi connectivity index (χ4v) is 4.24. The van der Waals surface area contributed by atoms with Crippen molar-refractivity contribution >= 4 is 48.9 Å². The first-order valence-corrected chi connectivity index (χ1v) is 17.2. The van der Waals surface area contributed by atoms with E-state index in [0.29, 0.717) is 24.9 Å². The van der Waals surface area contributed by atoms with Gasteiger partial charge >= 0.3 is 11.9 Å². The van der Waals surface area contributed by atoms with E-state index >= 15 is 0 Å². The van der Waals surface area contributed by atoms with Gasteiger partial charge in [0.05, 0.1) is 0 Å². The topological polar surface area (TPSA) is 52.6 Å². The van der Waals surface area contributed by atoms with E-state index in [2.05, 4.69) is 0 Å². The molecule has 0 aliphatic rings. The number of esters is 2. The van der Waals surface area contributed by atoms with E-state index in [9.17, 15) is 9.59 Å². The smallest absolute Gasteiger partial charge is 0.305 e. The first-order valence-electron chi connectivity index (χ1n) is 8.71. The molecule has 0 amide bonds. The molecule has 0 N–H and O–H groups in total. The van der Waals surface area contributed by atoms with Crippen molar-refractivity contribution in [3.8, 4) is 0 Å². The van der Waals surface area contributed by atoms with Gasteiger partial charge in [0.25, 0.3) is 0 Å². The van der Waals surface area contributed by atoms with Gasteiger partial charge in [-0.15, -0.1) is 0 Å². The molecule has 146 valence electrons. The van der Waals surface area contributed by atoms with Crippen LogP contribution in [0, 0.1) is 0 Å². The Morgan fingerprint density at radius 3 is 1.58 bits per heavy atom. The van der Waals surface area contributed by atoms with Crippen LogP contribution in [0.15, 0.2) is 24.3 Å². The van der Waals surface area contributed by atoms with E-state index in [0.717, 1.165) is 11.1 Å². The van der Waals surface area contributed by atoms with E-state index in [1.807, 2.05) is 50.5 Å². The maximum Gasteiger partial charge on any atom is 0.305 e. The van der Waals surface area contributed by atoms with Gasteiger partial charge in [-0.2, -0.15) is 22.2 Å². The molecule has 0 aromatic heterocycles. The van der Waals surface area contributed by atoms with Crippen LogP contribution in [0.2, 0.25) is 38.3 Å². The van der Waals surface area contributed by atoms with Gasteiger partial charge in [0.2, 0.25) is 0 Å². The lowest BCUT2D eigenvalue weighted by molar-refractivity contribution is -0.145. The average molecular weight is 435 g/mol. The maximum absolute atomic E-state index is 11.8. The number of carbonyl (C=O) groups excluding carboxylic acids is 2. The number of hydrogen-bond acceptors (Lipinski definition) is 4. The second kappa shape index (κ2) is 10.5. The molecule has 0 unspecified atom stereocenters. The Bertz CT molecular complexity index is 561. The van der Waals surface area contributed by atoms with Crippen molar-refractivity contribution in [2.75, 3.05) is 0 Å². The molecule has 26 heavy (non-hydrogen) atoms. The monoisotopic (exact) mass is 434 g/mol. The predicted octanol–water partition coefficient (Wildman–Crippen LogP) is 5.44. The summed E-state index contributed by atoms with van der Waals surface area (Å²) in [6, 6.07) is 8.88. The van der Waals surface area contributed by atoms with E-state index in [4.69, 9.17) is 31.6 Å². The van der Waals surface area contributed by atoms with Crippen molar-refractivity contribution in [2.45, 2.75) is 64.3 Å². The number of halogens is 2. The SMILES string of the molecule is C[Si](C)(Cl)CCC(=O)OCc1cccc(COC(=O)CC[Si](C)(C)Cl)c1. The molecule has 0 saturated heterocycles. The Labute approximate surface area is 167 Å². The third kappa shape index (κ3) is 11.7. The predicted molar refractivity (Wildman–Crippen MR) is 112 cm³/mol. The average Bonchev–Trinajstić information content (AvgIpc) is 2.53. The van der Waals surface area contributed by atoms with Crippen molar-refractivity contribution in [1.29, 1.82) is 0 Å². The van der Waals surface area contributed by atoms with Gasteiger partial charge in [0.15, 0.2) is 14.8 Å². The van der Waals surface area contributed by atoms with Crippen LogP contribution in [0.25, 0.3) is 0 Å². The molecule has 1 aromatic rings. The minimum absolute atomic E-state index is 0.205. The number of hydrogen-bond donors (Lipinski definition) is 0. The summed E-state index contributed by atoms with van der Waals surface area (Å²) in [6.07, 6.45) is 0.695. The first kappa shape index (κ1) is 23.2. The molecule has 0 saturated carbocycles. The van der Waals surface area contributed by atoms with E-state index in [1.165, 1.54) is 0 Å². The molecule has 8 heteroatoms. The summed E-state index contributed by atoms with van der Waals surface area (Å²) in [4.78, 5) is 23.6. The van der Waals surface area contributed by atoms with Crippen molar-refractivity contribution in [3.05, 3.63) is 35.4 Å². The van der Waals surface area contributed by atoms with Gasteiger partial charge in [-0.3, -0.25) is 9.59 Å². The van der Waals surface area contributed by atoms with Crippen molar-refractivity contribution in [3.63, 3.8) is 0 Å².